The van der Waals surface area contributed by atoms with Crippen molar-refractivity contribution in [3.05, 3.63) is 118 Å². The van der Waals surface area contributed by atoms with E-state index in [-0.39, 0.29) is 5.63 Å². The van der Waals surface area contributed by atoms with E-state index in [0.29, 0.717) is 11.1 Å². The van der Waals surface area contributed by atoms with Gasteiger partial charge in [-0.05, 0) is 59.2 Å². The van der Waals surface area contributed by atoms with Crippen molar-refractivity contribution in [2.75, 3.05) is 0 Å². The monoisotopic (exact) mass is 550 g/mol. The van der Waals surface area contributed by atoms with Crippen LogP contribution in [0.3, 0.4) is 0 Å². The first kappa shape index (κ1) is 33.2. The van der Waals surface area contributed by atoms with Crippen LogP contribution in [0.1, 0.15) is 77.9 Å². The Morgan fingerprint density at radius 2 is 1.05 bits per heavy atom. The number of aromatic nitrogens is 2. The third-order valence-electron chi connectivity index (χ3n) is 6.60. The van der Waals surface area contributed by atoms with Gasteiger partial charge in [0.15, 0.2) is 0 Å². The first-order valence-electron chi connectivity index (χ1n) is 15.1. The third-order valence-corrected chi connectivity index (χ3v) is 6.60. The maximum absolute atomic E-state index is 12.2. The lowest BCUT2D eigenvalue weighted by atomic mass is 10.0. The molecule has 0 atom stereocenters. The molecule has 0 saturated carbocycles. The molecule has 0 N–H and O–H groups in total. The first-order valence-corrected chi connectivity index (χ1v) is 15.1. The van der Waals surface area contributed by atoms with E-state index in [1.54, 1.807) is 0 Å². The van der Waals surface area contributed by atoms with Crippen LogP contribution in [0.4, 0.5) is 0 Å². The van der Waals surface area contributed by atoms with Gasteiger partial charge in [-0.25, -0.2) is 14.8 Å². The van der Waals surface area contributed by atoms with Gasteiger partial charge in [-0.3, -0.25) is 0 Å². The number of hydrogen-bond donors (Lipinski definition) is 0. The molecule has 0 spiro atoms. The largest absolute Gasteiger partial charge is 0.422 e. The average Bonchev–Trinajstić information content (AvgIpc) is 3.06. The molecule has 0 radical (unpaired) electrons. The average molecular weight is 551 g/mol. The lowest BCUT2D eigenvalue weighted by molar-refractivity contribution is 0.563. The number of hydrogen-bond acceptors (Lipinski definition) is 4. The first-order chi connectivity index (χ1) is 20.0. The fourth-order valence-electron chi connectivity index (χ4n) is 4.12. The highest BCUT2D eigenvalue weighted by molar-refractivity contribution is 5.82. The molecule has 2 aromatic heterocycles. The zero-order valence-corrected chi connectivity index (χ0v) is 26.1. The SMILES string of the molecule is CC.CC.CCc1ccc(-c2cc3ccc(CC)cc3oc2=O)cc1.CCc1ccc(-c2cnc(CC)nc2)cc1. The topological polar surface area (TPSA) is 56.0 Å². The molecule has 4 heteroatoms. The van der Waals surface area contributed by atoms with E-state index < -0.39 is 0 Å². The van der Waals surface area contributed by atoms with Gasteiger partial charge in [-0.2, -0.15) is 0 Å². The number of aryl methyl sites for hydroxylation is 4. The Hall–Kier alpha value is -4.05. The molecule has 2 heterocycles. The summed E-state index contributed by atoms with van der Waals surface area (Å²) in [4.78, 5) is 20.8. The van der Waals surface area contributed by atoms with Crippen LogP contribution in [0, 0.1) is 0 Å². The van der Waals surface area contributed by atoms with Crippen molar-refractivity contribution in [2.45, 2.75) is 81.1 Å². The molecule has 0 aliphatic rings. The van der Waals surface area contributed by atoms with Gasteiger partial charge in [0.05, 0.1) is 5.56 Å². The van der Waals surface area contributed by atoms with Crippen LogP contribution in [0.2, 0.25) is 0 Å². The molecule has 216 valence electrons. The van der Waals surface area contributed by atoms with Gasteiger partial charge in [0, 0.05) is 29.8 Å². The highest BCUT2D eigenvalue weighted by Gasteiger charge is 2.08. The minimum absolute atomic E-state index is 0.278. The molecule has 3 aromatic carbocycles. The van der Waals surface area contributed by atoms with Crippen LogP contribution in [-0.2, 0) is 25.7 Å². The lowest BCUT2D eigenvalue weighted by Crippen LogP contribution is -2.02. The highest BCUT2D eigenvalue weighted by Crippen LogP contribution is 2.23. The van der Waals surface area contributed by atoms with E-state index >= 15 is 0 Å². The van der Waals surface area contributed by atoms with E-state index in [4.69, 9.17) is 4.42 Å². The molecule has 5 rings (SSSR count). The number of rotatable bonds is 6. The maximum atomic E-state index is 12.2. The number of benzene rings is 3. The number of nitrogens with zero attached hydrogens (tertiary/aromatic N) is 2. The van der Waals surface area contributed by atoms with Crippen LogP contribution in [-0.4, -0.2) is 9.97 Å². The fraction of sp³-hybridized carbons (Fsp3) is 0.324. The summed E-state index contributed by atoms with van der Waals surface area (Å²) < 4.78 is 5.49. The second-order valence-corrected chi connectivity index (χ2v) is 9.02. The van der Waals surface area contributed by atoms with Crippen LogP contribution in [0.5, 0.6) is 0 Å². The molecule has 5 aromatic rings. The second-order valence-electron chi connectivity index (χ2n) is 9.02. The minimum atomic E-state index is -0.278. The molecule has 4 nitrogen and oxygen atoms in total. The minimum Gasteiger partial charge on any atom is -0.422 e. The van der Waals surface area contributed by atoms with Crippen LogP contribution in [0.25, 0.3) is 33.2 Å². The summed E-state index contributed by atoms with van der Waals surface area (Å²) in [6.45, 7) is 16.4. The van der Waals surface area contributed by atoms with Crippen molar-refractivity contribution in [2.24, 2.45) is 0 Å². The molecule has 0 unspecified atom stereocenters. The Morgan fingerprint density at radius 3 is 1.54 bits per heavy atom. The van der Waals surface area contributed by atoms with Crippen LogP contribution >= 0.6 is 0 Å². The summed E-state index contributed by atoms with van der Waals surface area (Å²) in [5, 5.41) is 0.960. The standard InChI is InChI=1S/C19H18O2.C14H16N2.2C2H6/c1-3-13-5-8-15(9-6-13)17-12-16-10-7-14(4-2)11-18(16)21-19(17)20;1-3-11-5-7-12(8-6-11)13-9-15-14(4-2)16-10-13;2*1-2/h5-12H,3-4H2,1-2H3;5-10H,3-4H2,1-2H3;2*1-2H3. The van der Waals surface area contributed by atoms with Crippen molar-refractivity contribution >= 4 is 11.0 Å². The summed E-state index contributed by atoms with van der Waals surface area (Å²) in [5.74, 6) is 0.897. The van der Waals surface area contributed by atoms with Crippen molar-refractivity contribution in [1.29, 1.82) is 0 Å². The fourth-order valence-corrected chi connectivity index (χ4v) is 4.12. The summed E-state index contributed by atoms with van der Waals surface area (Å²) >= 11 is 0. The molecule has 0 fully saturated rings. The van der Waals surface area contributed by atoms with E-state index in [0.717, 1.165) is 48.0 Å². The quantitative estimate of drug-likeness (QED) is 0.197. The van der Waals surface area contributed by atoms with Crippen molar-refractivity contribution < 1.29 is 4.42 Å². The van der Waals surface area contributed by atoms with E-state index in [1.165, 1.54) is 22.3 Å². The molecule has 0 saturated heterocycles. The van der Waals surface area contributed by atoms with Crippen molar-refractivity contribution in [3.63, 3.8) is 0 Å². The normalized spacial score (nSPS) is 9.95. The maximum Gasteiger partial charge on any atom is 0.344 e. The van der Waals surface area contributed by atoms with Gasteiger partial charge in [0.25, 0.3) is 0 Å². The molecule has 0 amide bonds. The third kappa shape index (κ3) is 9.24. The summed E-state index contributed by atoms with van der Waals surface area (Å²) in [5.41, 5.74) is 7.96. The van der Waals surface area contributed by atoms with Gasteiger partial charge < -0.3 is 4.42 Å². The predicted octanol–water partition coefficient (Wildman–Crippen LogP) is 9.91. The molecule has 41 heavy (non-hydrogen) atoms. The van der Waals surface area contributed by atoms with Crippen LogP contribution in [0.15, 0.2) is 94.4 Å². The molecule has 0 aliphatic carbocycles. The molecular formula is C37H46N2O2. The Kier molecular flexibility index (Phi) is 14.2. The molecular weight excluding hydrogens is 504 g/mol. The molecule has 0 bridgehead atoms. The van der Waals surface area contributed by atoms with E-state index in [2.05, 4.69) is 80.1 Å². The van der Waals surface area contributed by atoms with E-state index in [9.17, 15) is 4.79 Å². The number of fused-ring (bicyclic) bond motifs is 1. The Morgan fingerprint density at radius 1 is 0.561 bits per heavy atom. The Labute approximate surface area is 246 Å². The summed E-state index contributed by atoms with van der Waals surface area (Å²) in [6, 6.07) is 24.6. The summed E-state index contributed by atoms with van der Waals surface area (Å²) in [7, 11) is 0. The second kappa shape index (κ2) is 17.6. The smallest absolute Gasteiger partial charge is 0.344 e. The lowest BCUT2D eigenvalue weighted by Gasteiger charge is -2.05. The van der Waals surface area contributed by atoms with Crippen molar-refractivity contribution in [3.8, 4) is 22.3 Å². The van der Waals surface area contributed by atoms with Gasteiger partial charge in [-0.1, -0.05) is 116 Å². The van der Waals surface area contributed by atoms with Crippen LogP contribution < -0.4 is 5.63 Å². The zero-order chi connectivity index (χ0) is 30.2. The molecule has 0 aliphatic heterocycles. The Bertz CT molecular complexity index is 1460. The van der Waals surface area contributed by atoms with Crippen molar-refractivity contribution in [1.82, 2.24) is 9.97 Å². The van der Waals surface area contributed by atoms with Gasteiger partial charge in [0.2, 0.25) is 0 Å². The Balaban J connectivity index is 0.000000263. The zero-order valence-electron chi connectivity index (χ0n) is 26.1. The van der Waals surface area contributed by atoms with Gasteiger partial charge >= 0.3 is 5.63 Å². The highest BCUT2D eigenvalue weighted by atomic mass is 16.4. The van der Waals surface area contributed by atoms with Gasteiger partial charge in [0.1, 0.15) is 11.4 Å². The predicted molar refractivity (Wildman–Crippen MR) is 176 cm³/mol. The summed E-state index contributed by atoms with van der Waals surface area (Å²) in [6.07, 6.45) is 7.67. The van der Waals surface area contributed by atoms with E-state index in [1.807, 2.05) is 70.4 Å². The van der Waals surface area contributed by atoms with Gasteiger partial charge in [-0.15, -0.1) is 0 Å².